The molecular weight excluding hydrogens is 234 g/mol. The number of hydrogen-bond acceptors (Lipinski definition) is 5. The molecule has 0 aromatic heterocycles. The predicted molar refractivity (Wildman–Crippen MR) is 69.3 cm³/mol. The van der Waals surface area contributed by atoms with Gasteiger partial charge in [-0.1, -0.05) is 0 Å². The van der Waals surface area contributed by atoms with Gasteiger partial charge in [0.1, 0.15) is 0 Å². The van der Waals surface area contributed by atoms with E-state index in [1.54, 1.807) is 26.0 Å². The Hall–Kier alpha value is -1.46. The van der Waals surface area contributed by atoms with Gasteiger partial charge in [-0.2, -0.15) is 0 Å². The average molecular weight is 255 g/mol. The summed E-state index contributed by atoms with van der Waals surface area (Å²) in [4.78, 5) is 0. The summed E-state index contributed by atoms with van der Waals surface area (Å²) in [5, 5.41) is 9.96. The summed E-state index contributed by atoms with van der Waals surface area (Å²) >= 11 is 0. The molecule has 1 unspecified atom stereocenters. The van der Waals surface area contributed by atoms with Crippen molar-refractivity contribution >= 4 is 0 Å². The lowest BCUT2D eigenvalue weighted by Gasteiger charge is -2.27. The molecule has 0 spiro atoms. The van der Waals surface area contributed by atoms with E-state index in [9.17, 15) is 5.11 Å². The van der Waals surface area contributed by atoms with E-state index in [0.717, 1.165) is 5.56 Å². The van der Waals surface area contributed by atoms with E-state index >= 15 is 0 Å². The van der Waals surface area contributed by atoms with Crippen LogP contribution in [-0.4, -0.2) is 32.0 Å². The Kier molecular flexibility index (Phi) is 4.43. The van der Waals surface area contributed by atoms with Crippen molar-refractivity contribution < 1.29 is 19.3 Å². The number of hydrogen-bond donors (Lipinski definition) is 2. The first kappa shape index (κ1) is 14.6. The standard InChI is InChI=1S/C13H21NO4/c1-13(2,15)12(14)8-6-9(16-3)11(18-5)10(7-8)17-4/h6-7,12,15H,14H2,1-5H3. The van der Waals surface area contributed by atoms with Gasteiger partial charge in [-0.05, 0) is 31.5 Å². The SMILES string of the molecule is COc1cc(C(N)C(C)(C)O)cc(OC)c1OC. The Morgan fingerprint density at radius 1 is 1.06 bits per heavy atom. The van der Waals surface area contributed by atoms with Gasteiger partial charge in [0, 0.05) is 0 Å². The molecule has 0 heterocycles. The van der Waals surface area contributed by atoms with Gasteiger partial charge in [-0.3, -0.25) is 0 Å². The van der Waals surface area contributed by atoms with Crippen molar-refractivity contribution in [1.82, 2.24) is 0 Å². The summed E-state index contributed by atoms with van der Waals surface area (Å²) < 4.78 is 15.7. The molecule has 5 heteroatoms. The van der Waals surface area contributed by atoms with Crippen LogP contribution >= 0.6 is 0 Å². The monoisotopic (exact) mass is 255 g/mol. The van der Waals surface area contributed by atoms with Crippen LogP contribution in [0, 0.1) is 0 Å². The zero-order valence-corrected chi connectivity index (χ0v) is 11.5. The maximum absolute atomic E-state index is 9.96. The highest BCUT2D eigenvalue weighted by Gasteiger charge is 2.27. The largest absolute Gasteiger partial charge is 0.493 e. The zero-order chi connectivity index (χ0) is 13.9. The van der Waals surface area contributed by atoms with E-state index < -0.39 is 11.6 Å². The topological polar surface area (TPSA) is 73.9 Å². The van der Waals surface area contributed by atoms with E-state index in [-0.39, 0.29) is 0 Å². The normalized spacial score (nSPS) is 13.1. The minimum Gasteiger partial charge on any atom is -0.493 e. The zero-order valence-electron chi connectivity index (χ0n) is 11.5. The molecule has 1 aromatic carbocycles. The second-order valence-corrected chi connectivity index (χ2v) is 4.59. The Balaban J connectivity index is 3.32. The molecule has 0 saturated carbocycles. The summed E-state index contributed by atoms with van der Waals surface area (Å²) in [6.45, 7) is 3.31. The molecule has 1 rings (SSSR count). The first-order valence-corrected chi connectivity index (χ1v) is 5.63. The van der Waals surface area contributed by atoms with Crippen molar-refractivity contribution in [2.45, 2.75) is 25.5 Å². The van der Waals surface area contributed by atoms with E-state index in [2.05, 4.69) is 0 Å². The summed E-state index contributed by atoms with van der Waals surface area (Å²) in [5.74, 6) is 1.55. The van der Waals surface area contributed by atoms with Gasteiger partial charge in [0.2, 0.25) is 5.75 Å². The highest BCUT2D eigenvalue weighted by atomic mass is 16.5. The van der Waals surface area contributed by atoms with E-state index in [4.69, 9.17) is 19.9 Å². The second-order valence-electron chi connectivity index (χ2n) is 4.59. The fourth-order valence-corrected chi connectivity index (χ4v) is 1.69. The van der Waals surface area contributed by atoms with Gasteiger partial charge in [0.15, 0.2) is 11.5 Å². The van der Waals surface area contributed by atoms with E-state index in [1.165, 1.54) is 21.3 Å². The van der Waals surface area contributed by atoms with Gasteiger partial charge in [-0.15, -0.1) is 0 Å². The quantitative estimate of drug-likeness (QED) is 0.833. The van der Waals surface area contributed by atoms with Crippen LogP contribution in [0.2, 0.25) is 0 Å². The van der Waals surface area contributed by atoms with Crippen LogP contribution < -0.4 is 19.9 Å². The van der Waals surface area contributed by atoms with Crippen LogP contribution in [0.4, 0.5) is 0 Å². The number of nitrogens with two attached hydrogens (primary N) is 1. The Bertz CT molecular complexity index is 387. The van der Waals surface area contributed by atoms with Crippen molar-refractivity contribution in [3.63, 3.8) is 0 Å². The summed E-state index contributed by atoms with van der Waals surface area (Å²) in [5.41, 5.74) is 5.69. The Morgan fingerprint density at radius 2 is 1.50 bits per heavy atom. The molecule has 1 atom stereocenters. The van der Waals surface area contributed by atoms with Crippen molar-refractivity contribution in [3.8, 4) is 17.2 Å². The molecule has 3 N–H and O–H groups in total. The van der Waals surface area contributed by atoms with E-state index in [1.807, 2.05) is 0 Å². The van der Waals surface area contributed by atoms with Gasteiger partial charge in [0.05, 0.1) is 33.0 Å². The number of methoxy groups -OCH3 is 3. The molecule has 0 fully saturated rings. The molecule has 102 valence electrons. The third-order valence-corrected chi connectivity index (χ3v) is 2.81. The predicted octanol–water partition coefficient (Wildman–Crippen LogP) is 1.48. The lowest BCUT2D eigenvalue weighted by Crippen LogP contribution is -2.35. The maximum atomic E-state index is 9.96. The van der Waals surface area contributed by atoms with Crippen LogP contribution in [0.5, 0.6) is 17.2 Å². The molecule has 5 nitrogen and oxygen atoms in total. The van der Waals surface area contributed by atoms with Crippen LogP contribution in [0.1, 0.15) is 25.5 Å². The van der Waals surface area contributed by atoms with Crippen LogP contribution in [-0.2, 0) is 0 Å². The smallest absolute Gasteiger partial charge is 0.203 e. The number of benzene rings is 1. The molecule has 0 bridgehead atoms. The van der Waals surface area contributed by atoms with E-state index in [0.29, 0.717) is 17.2 Å². The van der Waals surface area contributed by atoms with Crippen molar-refractivity contribution in [2.75, 3.05) is 21.3 Å². The van der Waals surface area contributed by atoms with Gasteiger partial charge < -0.3 is 25.1 Å². The maximum Gasteiger partial charge on any atom is 0.203 e. The van der Waals surface area contributed by atoms with Crippen LogP contribution in [0.15, 0.2) is 12.1 Å². The lowest BCUT2D eigenvalue weighted by atomic mass is 9.92. The molecule has 0 saturated heterocycles. The van der Waals surface area contributed by atoms with Gasteiger partial charge in [-0.25, -0.2) is 0 Å². The fraction of sp³-hybridized carbons (Fsp3) is 0.538. The third kappa shape index (κ3) is 2.86. The first-order valence-electron chi connectivity index (χ1n) is 5.63. The fourth-order valence-electron chi connectivity index (χ4n) is 1.69. The number of ether oxygens (including phenoxy) is 3. The minimum absolute atomic E-state index is 0.506. The highest BCUT2D eigenvalue weighted by Crippen LogP contribution is 2.40. The van der Waals surface area contributed by atoms with Crippen LogP contribution in [0.3, 0.4) is 0 Å². The second kappa shape index (κ2) is 5.46. The summed E-state index contributed by atoms with van der Waals surface area (Å²) in [6.07, 6.45) is 0. The molecular formula is C13H21NO4. The van der Waals surface area contributed by atoms with Gasteiger partial charge in [0.25, 0.3) is 0 Å². The molecule has 0 aliphatic heterocycles. The summed E-state index contributed by atoms with van der Waals surface area (Å²) in [7, 11) is 4.61. The van der Waals surface area contributed by atoms with Gasteiger partial charge >= 0.3 is 0 Å². The molecule has 0 aliphatic rings. The molecule has 0 amide bonds. The molecule has 0 radical (unpaired) electrons. The number of rotatable bonds is 5. The van der Waals surface area contributed by atoms with Crippen molar-refractivity contribution in [3.05, 3.63) is 17.7 Å². The number of aliphatic hydroxyl groups is 1. The highest BCUT2D eigenvalue weighted by molar-refractivity contribution is 5.54. The Morgan fingerprint density at radius 3 is 1.78 bits per heavy atom. The molecule has 0 aliphatic carbocycles. The lowest BCUT2D eigenvalue weighted by molar-refractivity contribution is 0.0516. The van der Waals surface area contributed by atoms with Crippen molar-refractivity contribution in [2.24, 2.45) is 5.73 Å². The van der Waals surface area contributed by atoms with Crippen LogP contribution in [0.25, 0.3) is 0 Å². The Labute approximate surface area is 107 Å². The minimum atomic E-state index is -1.04. The molecule has 18 heavy (non-hydrogen) atoms. The van der Waals surface area contributed by atoms with Crippen molar-refractivity contribution in [1.29, 1.82) is 0 Å². The first-order chi connectivity index (χ1) is 8.35. The third-order valence-electron chi connectivity index (χ3n) is 2.81. The average Bonchev–Trinajstić information content (AvgIpc) is 2.34. The molecule has 1 aromatic rings. The summed E-state index contributed by atoms with van der Waals surface area (Å²) in [6, 6.07) is 2.93.